The number of nitrogens with zero attached hydrogens (tertiary/aromatic N) is 3. The monoisotopic (exact) mass is 433 g/mol. The van der Waals surface area contributed by atoms with E-state index in [9.17, 15) is 14.9 Å². The summed E-state index contributed by atoms with van der Waals surface area (Å²) in [4.78, 5) is 26.8. The number of amides is 1. The van der Waals surface area contributed by atoms with E-state index in [4.69, 9.17) is 16.3 Å². The second kappa shape index (κ2) is 9.39. The summed E-state index contributed by atoms with van der Waals surface area (Å²) in [5.74, 6) is 0.892. The van der Waals surface area contributed by atoms with Crippen LogP contribution in [0.25, 0.3) is 0 Å². The van der Waals surface area contributed by atoms with Crippen molar-refractivity contribution in [3.63, 3.8) is 0 Å². The molecule has 0 unspecified atom stereocenters. The fourth-order valence-electron chi connectivity index (χ4n) is 2.26. The van der Waals surface area contributed by atoms with E-state index < -0.39 is 4.92 Å². The van der Waals surface area contributed by atoms with E-state index in [2.05, 4.69) is 20.5 Å². The number of aromatic amines is 1. The number of carbonyl (C=O) groups is 1. The van der Waals surface area contributed by atoms with Gasteiger partial charge in [-0.2, -0.15) is 0 Å². The molecule has 1 amide bonds. The van der Waals surface area contributed by atoms with Gasteiger partial charge in [0.25, 0.3) is 5.69 Å². The van der Waals surface area contributed by atoms with Crippen LogP contribution >= 0.6 is 23.4 Å². The van der Waals surface area contributed by atoms with E-state index in [0.29, 0.717) is 27.4 Å². The molecule has 0 spiro atoms. The number of hydrogen-bond donors (Lipinski definition) is 2. The first-order valence-electron chi connectivity index (χ1n) is 8.38. The second-order valence-electron chi connectivity index (χ2n) is 5.90. The van der Waals surface area contributed by atoms with Gasteiger partial charge in [0.15, 0.2) is 5.82 Å². The molecule has 3 aromatic rings. The number of carbonyl (C=O) groups excluding carboxylic acids is 1. The van der Waals surface area contributed by atoms with Crippen LogP contribution < -0.4 is 10.1 Å². The Bertz CT molecular complexity index is 1030. The van der Waals surface area contributed by atoms with Crippen LogP contribution in [0, 0.1) is 17.0 Å². The molecule has 0 radical (unpaired) electrons. The molecule has 0 atom stereocenters. The molecule has 0 fully saturated rings. The van der Waals surface area contributed by atoms with Gasteiger partial charge in [-0.05, 0) is 36.8 Å². The molecule has 0 aliphatic rings. The second-order valence-corrected chi connectivity index (χ2v) is 7.28. The molecule has 29 heavy (non-hydrogen) atoms. The largest absolute Gasteiger partial charge is 0.486 e. The Morgan fingerprint density at radius 1 is 1.31 bits per heavy atom. The fraction of sp³-hybridized carbons (Fsp3) is 0.167. The summed E-state index contributed by atoms with van der Waals surface area (Å²) < 4.78 is 5.57. The van der Waals surface area contributed by atoms with E-state index in [1.54, 1.807) is 37.3 Å². The average Bonchev–Trinajstić information content (AvgIpc) is 3.15. The number of thioether (sulfide) groups is 1. The summed E-state index contributed by atoms with van der Waals surface area (Å²) in [7, 11) is 0. The van der Waals surface area contributed by atoms with Gasteiger partial charge in [0, 0.05) is 17.2 Å². The maximum Gasteiger partial charge on any atom is 0.271 e. The van der Waals surface area contributed by atoms with Gasteiger partial charge in [-0.3, -0.25) is 20.0 Å². The number of anilines is 1. The zero-order valence-corrected chi connectivity index (χ0v) is 16.8. The summed E-state index contributed by atoms with van der Waals surface area (Å²) in [5.41, 5.74) is 1.04. The van der Waals surface area contributed by atoms with Gasteiger partial charge in [0.2, 0.25) is 11.1 Å². The molecule has 9 nitrogen and oxygen atoms in total. The molecule has 3 rings (SSSR count). The molecule has 1 aromatic heterocycles. The van der Waals surface area contributed by atoms with Crippen molar-refractivity contribution in [1.29, 1.82) is 0 Å². The number of nitrogens with one attached hydrogen (secondary N) is 2. The molecule has 150 valence electrons. The highest BCUT2D eigenvalue weighted by molar-refractivity contribution is 7.99. The van der Waals surface area contributed by atoms with Crippen LogP contribution in [0.4, 0.5) is 11.4 Å². The number of benzene rings is 2. The third kappa shape index (κ3) is 5.93. The number of non-ortho nitro benzene ring substituents is 1. The first-order valence-corrected chi connectivity index (χ1v) is 9.74. The van der Waals surface area contributed by atoms with Crippen molar-refractivity contribution in [2.45, 2.75) is 18.7 Å². The van der Waals surface area contributed by atoms with Gasteiger partial charge in [-0.15, -0.1) is 5.10 Å². The lowest BCUT2D eigenvalue weighted by Crippen LogP contribution is -2.15. The minimum absolute atomic E-state index is 0.0530. The Hall–Kier alpha value is -3.11. The van der Waals surface area contributed by atoms with E-state index in [1.807, 2.05) is 0 Å². The normalized spacial score (nSPS) is 10.6. The number of rotatable bonds is 8. The molecule has 0 aliphatic heterocycles. The number of aromatic nitrogens is 3. The molecule has 0 aliphatic carbocycles. The number of hydrogen-bond acceptors (Lipinski definition) is 7. The van der Waals surface area contributed by atoms with Gasteiger partial charge in [0.1, 0.15) is 12.4 Å². The van der Waals surface area contributed by atoms with Crippen molar-refractivity contribution in [2.24, 2.45) is 0 Å². The van der Waals surface area contributed by atoms with Crippen molar-refractivity contribution in [1.82, 2.24) is 15.2 Å². The third-order valence-corrected chi connectivity index (χ3v) is 4.84. The highest BCUT2D eigenvalue weighted by Gasteiger charge is 2.13. The van der Waals surface area contributed by atoms with Crippen LogP contribution in [0.2, 0.25) is 5.02 Å². The maximum atomic E-state index is 12.2. The van der Waals surface area contributed by atoms with Crippen LogP contribution in [0.15, 0.2) is 47.6 Å². The number of halogens is 1. The Morgan fingerprint density at radius 2 is 2.07 bits per heavy atom. The van der Waals surface area contributed by atoms with E-state index >= 15 is 0 Å². The SMILES string of the molecule is Cc1ccc([N+](=O)[O-])cc1NC(=O)CSc1n[nH]c(COc2ccc(Cl)cc2)n1. The minimum atomic E-state index is -0.509. The molecule has 0 saturated carbocycles. The molecular formula is C18H16ClN5O4S. The van der Waals surface area contributed by atoms with E-state index in [0.717, 1.165) is 17.3 Å². The first kappa shape index (κ1) is 20.6. The quantitative estimate of drug-likeness (QED) is 0.313. The van der Waals surface area contributed by atoms with Crippen LogP contribution in [-0.2, 0) is 11.4 Å². The van der Waals surface area contributed by atoms with Gasteiger partial charge < -0.3 is 10.1 Å². The Morgan fingerprint density at radius 3 is 2.79 bits per heavy atom. The molecule has 0 bridgehead atoms. The fourth-order valence-corrected chi connectivity index (χ4v) is 3.01. The molecule has 11 heteroatoms. The van der Waals surface area contributed by atoms with Crippen molar-refractivity contribution in [3.05, 3.63) is 69.0 Å². The highest BCUT2D eigenvalue weighted by Crippen LogP contribution is 2.22. The summed E-state index contributed by atoms with van der Waals surface area (Å²) in [6, 6.07) is 11.2. The standard InChI is InChI=1S/C18H16ClN5O4S/c1-11-2-5-13(24(26)27)8-15(11)20-17(25)10-29-18-21-16(22-23-18)9-28-14-6-3-12(19)4-7-14/h2-8H,9-10H2,1H3,(H,20,25)(H,21,22,23). The number of ether oxygens (including phenoxy) is 1. The zero-order chi connectivity index (χ0) is 20.8. The Kier molecular flexibility index (Phi) is 6.68. The maximum absolute atomic E-state index is 12.2. The van der Waals surface area contributed by atoms with Crippen LogP contribution in [0.3, 0.4) is 0 Å². The predicted molar refractivity (Wildman–Crippen MR) is 109 cm³/mol. The summed E-state index contributed by atoms with van der Waals surface area (Å²) in [6.07, 6.45) is 0. The van der Waals surface area contributed by atoms with Gasteiger partial charge in [0.05, 0.1) is 16.4 Å². The lowest BCUT2D eigenvalue weighted by atomic mass is 10.2. The Balaban J connectivity index is 1.50. The van der Waals surface area contributed by atoms with E-state index in [1.165, 1.54) is 12.1 Å². The smallest absolute Gasteiger partial charge is 0.271 e. The van der Waals surface area contributed by atoms with Crippen molar-refractivity contribution in [3.8, 4) is 5.75 Å². The molecule has 2 aromatic carbocycles. The van der Waals surface area contributed by atoms with Gasteiger partial charge in [-0.1, -0.05) is 29.4 Å². The van der Waals surface area contributed by atoms with Crippen LogP contribution in [-0.4, -0.2) is 31.8 Å². The first-order chi connectivity index (χ1) is 13.9. The average molecular weight is 434 g/mol. The lowest BCUT2D eigenvalue weighted by Gasteiger charge is -2.07. The predicted octanol–water partition coefficient (Wildman–Crippen LogP) is 3.98. The van der Waals surface area contributed by atoms with Crippen molar-refractivity contribution < 1.29 is 14.5 Å². The lowest BCUT2D eigenvalue weighted by molar-refractivity contribution is -0.384. The van der Waals surface area contributed by atoms with Crippen LogP contribution in [0.1, 0.15) is 11.4 Å². The Labute approximate surface area is 175 Å². The molecule has 1 heterocycles. The van der Waals surface area contributed by atoms with E-state index in [-0.39, 0.29) is 24.0 Å². The topological polar surface area (TPSA) is 123 Å². The number of H-pyrrole nitrogens is 1. The number of aryl methyl sites for hydroxylation is 1. The molecule has 0 saturated heterocycles. The number of nitro groups is 1. The zero-order valence-electron chi connectivity index (χ0n) is 15.2. The third-order valence-electron chi connectivity index (χ3n) is 3.74. The number of nitro benzene ring substituents is 1. The van der Waals surface area contributed by atoms with Crippen molar-refractivity contribution in [2.75, 3.05) is 11.1 Å². The summed E-state index contributed by atoms with van der Waals surface area (Å²) in [5, 5.41) is 21.3. The summed E-state index contributed by atoms with van der Waals surface area (Å²) in [6.45, 7) is 1.95. The van der Waals surface area contributed by atoms with Crippen molar-refractivity contribution >= 4 is 40.6 Å². The molecular weight excluding hydrogens is 418 g/mol. The van der Waals surface area contributed by atoms with Gasteiger partial charge in [-0.25, -0.2) is 4.98 Å². The summed E-state index contributed by atoms with van der Waals surface area (Å²) >= 11 is 6.96. The molecule has 2 N–H and O–H groups in total. The van der Waals surface area contributed by atoms with Crippen LogP contribution in [0.5, 0.6) is 5.75 Å². The van der Waals surface area contributed by atoms with Gasteiger partial charge >= 0.3 is 0 Å². The highest BCUT2D eigenvalue weighted by atomic mass is 35.5. The minimum Gasteiger partial charge on any atom is -0.486 e.